The van der Waals surface area contributed by atoms with Gasteiger partial charge in [-0.1, -0.05) is 0 Å². The van der Waals surface area contributed by atoms with Gasteiger partial charge in [0.15, 0.2) is 0 Å². The molecule has 0 saturated heterocycles. The van der Waals surface area contributed by atoms with E-state index in [2.05, 4.69) is 0 Å². The quantitative estimate of drug-likeness (QED) is 0.506. The van der Waals surface area contributed by atoms with Crippen LogP contribution >= 0.6 is 0 Å². The number of hydrogen-bond acceptors (Lipinski definition) is 4. The molecule has 1 aromatic carbocycles. The number of anilines is 2. The maximum Gasteiger partial charge on any atom is 0.357 e. The van der Waals surface area contributed by atoms with Gasteiger partial charge in [-0.3, -0.25) is 9.27 Å². The van der Waals surface area contributed by atoms with Gasteiger partial charge >= 0.3 is 10.3 Å². The lowest BCUT2D eigenvalue weighted by molar-refractivity contribution is 0.415. The fraction of sp³-hybridized carbons (Fsp3) is 0.143. The van der Waals surface area contributed by atoms with E-state index in [1.54, 1.807) is 6.07 Å². The van der Waals surface area contributed by atoms with E-state index in [1.165, 1.54) is 19.2 Å². The molecule has 0 saturated carbocycles. The van der Waals surface area contributed by atoms with E-state index < -0.39 is 10.3 Å². The average molecular weight is 218 g/mol. The molecule has 0 amide bonds. The summed E-state index contributed by atoms with van der Waals surface area (Å²) in [5.41, 5.74) is 5.73. The molecule has 1 aromatic rings. The Morgan fingerprint density at radius 3 is 2.64 bits per heavy atom. The van der Waals surface area contributed by atoms with Gasteiger partial charge in [-0.2, -0.15) is 8.42 Å². The van der Waals surface area contributed by atoms with Gasteiger partial charge in [0.05, 0.1) is 18.5 Å². The maximum atomic E-state index is 10.5. The first-order valence-corrected chi connectivity index (χ1v) is 5.05. The van der Waals surface area contributed by atoms with Crippen molar-refractivity contribution >= 4 is 21.7 Å². The highest BCUT2D eigenvalue weighted by Gasteiger charge is 2.07. The topological polar surface area (TPSA) is 102 Å². The first-order valence-electron chi connectivity index (χ1n) is 3.61. The van der Waals surface area contributed by atoms with Gasteiger partial charge in [0, 0.05) is 6.07 Å². The molecular formula is C7H10N2O4S. The van der Waals surface area contributed by atoms with Crippen LogP contribution < -0.4 is 15.2 Å². The SMILES string of the molecule is COc1ccc(N)c(NS(=O)(=O)O)c1. The second-order valence-corrected chi connectivity index (χ2v) is 3.68. The third-order valence-electron chi connectivity index (χ3n) is 1.50. The van der Waals surface area contributed by atoms with Crippen LogP contribution in [0.25, 0.3) is 0 Å². The molecule has 7 heteroatoms. The number of rotatable bonds is 3. The van der Waals surface area contributed by atoms with Crippen LogP contribution in [0.3, 0.4) is 0 Å². The summed E-state index contributed by atoms with van der Waals surface area (Å²) in [5.74, 6) is 0.436. The molecule has 0 atom stereocenters. The summed E-state index contributed by atoms with van der Waals surface area (Å²) in [6, 6.07) is 4.40. The molecule has 0 aliphatic rings. The van der Waals surface area contributed by atoms with Crippen LogP contribution in [0.2, 0.25) is 0 Å². The first kappa shape index (κ1) is 10.6. The summed E-state index contributed by atoms with van der Waals surface area (Å²) in [6.45, 7) is 0. The van der Waals surface area contributed by atoms with E-state index in [0.29, 0.717) is 5.75 Å². The third kappa shape index (κ3) is 2.79. The molecular weight excluding hydrogens is 208 g/mol. The van der Waals surface area contributed by atoms with Crippen LogP contribution in [0.4, 0.5) is 11.4 Å². The Kier molecular flexibility index (Phi) is 2.82. The second kappa shape index (κ2) is 3.72. The summed E-state index contributed by atoms with van der Waals surface area (Å²) in [6.07, 6.45) is 0. The molecule has 0 fully saturated rings. The number of benzene rings is 1. The zero-order valence-electron chi connectivity index (χ0n) is 7.39. The van der Waals surface area contributed by atoms with Crippen molar-refractivity contribution in [3.8, 4) is 5.75 Å². The molecule has 0 radical (unpaired) electrons. The Morgan fingerprint density at radius 2 is 2.14 bits per heavy atom. The Labute approximate surface area is 81.6 Å². The molecule has 0 bridgehead atoms. The van der Waals surface area contributed by atoms with Gasteiger partial charge in [-0.15, -0.1) is 0 Å². The molecule has 4 N–H and O–H groups in total. The van der Waals surface area contributed by atoms with Gasteiger partial charge < -0.3 is 10.5 Å². The Balaban J connectivity index is 3.07. The fourth-order valence-corrected chi connectivity index (χ4v) is 1.34. The number of hydrogen-bond donors (Lipinski definition) is 3. The van der Waals surface area contributed by atoms with Crippen LogP contribution in [0.5, 0.6) is 5.75 Å². The summed E-state index contributed by atoms with van der Waals surface area (Å²) in [7, 11) is -2.88. The molecule has 0 unspecified atom stereocenters. The Hall–Kier alpha value is -1.47. The first-order chi connectivity index (χ1) is 6.42. The van der Waals surface area contributed by atoms with Crippen molar-refractivity contribution in [3.05, 3.63) is 18.2 Å². The van der Waals surface area contributed by atoms with Crippen LogP contribution in [-0.4, -0.2) is 20.1 Å². The van der Waals surface area contributed by atoms with Gasteiger partial charge in [0.25, 0.3) is 0 Å². The number of nitrogens with two attached hydrogens (primary N) is 1. The second-order valence-electron chi connectivity index (χ2n) is 2.53. The Morgan fingerprint density at radius 1 is 1.50 bits per heavy atom. The molecule has 0 aromatic heterocycles. The standard InChI is InChI=1S/C7H10N2O4S/c1-13-5-2-3-6(8)7(4-5)9-14(10,11)12/h2-4,9H,8H2,1H3,(H,10,11,12). The minimum absolute atomic E-state index is 0.0758. The number of nitrogens with one attached hydrogen (secondary N) is 1. The molecule has 0 heterocycles. The smallest absolute Gasteiger partial charge is 0.357 e. The summed E-state index contributed by atoms with van der Waals surface area (Å²) in [4.78, 5) is 0. The molecule has 1 rings (SSSR count). The van der Waals surface area contributed by atoms with E-state index in [-0.39, 0.29) is 11.4 Å². The maximum absolute atomic E-state index is 10.5. The molecule has 0 aliphatic carbocycles. The number of nitrogen functional groups attached to an aromatic ring is 1. The predicted octanol–water partition coefficient (Wildman–Crippen LogP) is 0.492. The van der Waals surface area contributed by atoms with Gasteiger partial charge in [0.1, 0.15) is 5.75 Å². The minimum atomic E-state index is -4.31. The van der Waals surface area contributed by atoms with E-state index >= 15 is 0 Å². The van der Waals surface area contributed by atoms with Crippen molar-refractivity contribution < 1.29 is 17.7 Å². The molecule has 0 aliphatic heterocycles. The monoisotopic (exact) mass is 218 g/mol. The van der Waals surface area contributed by atoms with Crippen LogP contribution in [0, 0.1) is 0 Å². The molecule has 78 valence electrons. The van der Waals surface area contributed by atoms with Crippen molar-refractivity contribution in [2.45, 2.75) is 0 Å². The zero-order chi connectivity index (χ0) is 10.8. The lowest BCUT2D eigenvalue weighted by Gasteiger charge is -2.07. The summed E-state index contributed by atoms with van der Waals surface area (Å²) >= 11 is 0. The fourth-order valence-electron chi connectivity index (χ4n) is 0.890. The van der Waals surface area contributed by atoms with E-state index in [9.17, 15) is 8.42 Å². The Bertz CT molecular complexity index is 429. The van der Waals surface area contributed by atoms with Crippen LogP contribution in [0.1, 0.15) is 0 Å². The van der Waals surface area contributed by atoms with Crippen LogP contribution in [-0.2, 0) is 10.3 Å². The highest BCUT2D eigenvalue weighted by molar-refractivity contribution is 7.87. The lowest BCUT2D eigenvalue weighted by Crippen LogP contribution is -2.11. The van der Waals surface area contributed by atoms with Crippen molar-refractivity contribution in [2.24, 2.45) is 0 Å². The average Bonchev–Trinajstić information content (AvgIpc) is 2.06. The van der Waals surface area contributed by atoms with Gasteiger partial charge in [0.2, 0.25) is 0 Å². The van der Waals surface area contributed by atoms with Crippen molar-refractivity contribution in [3.63, 3.8) is 0 Å². The van der Waals surface area contributed by atoms with Crippen LogP contribution in [0.15, 0.2) is 18.2 Å². The van der Waals surface area contributed by atoms with E-state index in [1.807, 2.05) is 4.72 Å². The van der Waals surface area contributed by atoms with E-state index in [0.717, 1.165) is 0 Å². The molecule has 6 nitrogen and oxygen atoms in total. The zero-order valence-corrected chi connectivity index (χ0v) is 8.21. The normalized spacial score (nSPS) is 11.0. The van der Waals surface area contributed by atoms with Crippen molar-refractivity contribution in [2.75, 3.05) is 17.6 Å². The summed E-state index contributed by atoms with van der Waals surface area (Å²) < 4.78 is 36.2. The predicted molar refractivity (Wildman–Crippen MR) is 52.6 cm³/mol. The number of methoxy groups -OCH3 is 1. The largest absolute Gasteiger partial charge is 0.497 e. The lowest BCUT2D eigenvalue weighted by atomic mass is 10.2. The molecule has 0 spiro atoms. The van der Waals surface area contributed by atoms with Gasteiger partial charge in [-0.05, 0) is 12.1 Å². The molecule has 14 heavy (non-hydrogen) atoms. The van der Waals surface area contributed by atoms with Crippen molar-refractivity contribution in [1.29, 1.82) is 0 Å². The number of ether oxygens (including phenoxy) is 1. The minimum Gasteiger partial charge on any atom is -0.497 e. The highest BCUT2D eigenvalue weighted by atomic mass is 32.2. The highest BCUT2D eigenvalue weighted by Crippen LogP contribution is 2.24. The summed E-state index contributed by atoms with van der Waals surface area (Å²) in [5, 5.41) is 0. The third-order valence-corrected chi connectivity index (χ3v) is 1.98. The van der Waals surface area contributed by atoms with Crippen molar-refractivity contribution in [1.82, 2.24) is 0 Å². The van der Waals surface area contributed by atoms with Gasteiger partial charge in [-0.25, -0.2) is 0 Å². The van der Waals surface area contributed by atoms with E-state index in [4.69, 9.17) is 15.0 Å².